The van der Waals surface area contributed by atoms with E-state index in [9.17, 15) is 9.59 Å². The van der Waals surface area contributed by atoms with Gasteiger partial charge in [-0.2, -0.15) is 0 Å². The lowest BCUT2D eigenvalue weighted by atomic mass is 9.45. The Bertz CT molecular complexity index is 432. The molecule has 0 aromatic heterocycles. The van der Waals surface area contributed by atoms with E-state index in [1.54, 1.807) is 13.8 Å². The van der Waals surface area contributed by atoms with Crippen molar-refractivity contribution < 1.29 is 9.59 Å². The predicted molar refractivity (Wildman–Crippen MR) is 76.9 cm³/mol. The summed E-state index contributed by atoms with van der Waals surface area (Å²) in [6, 6.07) is 0.207. The Kier molecular flexibility index (Phi) is 3.11. The topological polar surface area (TPSA) is 58.2 Å². The number of carbonyl (C=O) groups is 2. The third-order valence-corrected chi connectivity index (χ3v) is 5.89. The van der Waals surface area contributed by atoms with Gasteiger partial charge >= 0.3 is 0 Å². The van der Waals surface area contributed by atoms with E-state index in [4.69, 9.17) is 0 Å². The standard InChI is InChI=1S/C16H26N2O2/c1-10(17-11(2)19)15-5-13-4-14(6-15)8-16(7-13,9-15)18-12(3)20/h10,13-14H,4-9H2,1-3H3,(H,17,19)(H,18,20)/t10?,13-,14+,15?,16?. The van der Waals surface area contributed by atoms with E-state index in [1.807, 2.05) is 0 Å². The highest BCUT2D eigenvalue weighted by Crippen LogP contribution is 2.62. The Hall–Kier alpha value is -1.06. The molecular weight excluding hydrogens is 252 g/mol. The molecule has 4 heteroatoms. The van der Waals surface area contributed by atoms with Crippen LogP contribution in [0.2, 0.25) is 0 Å². The highest BCUT2D eigenvalue weighted by molar-refractivity contribution is 5.74. The molecule has 2 amide bonds. The summed E-state index contributed by atoms with van der Waals surface area (Å²) in [6.07, 6.45) is 7.05. The summed E-state index contributed by atoms with van der Waals surface area (Å²) >= 11 is 0. The van der Waals surface area contributed by atoms with Gasteiger partial charge in [0.1, 0.15) is 0 Å². The lowest BCUT2D eigenvalue weighted by molar-refractivity contribution is -0.135. The van der Waals surface area contributed by atoms with Gasteiger partial charge in [0.2, 0.25) is 11.8 Å². The van der Waals surface area contributed by atoms with Crippen LogP contribution >= 0.6 is 0 Å². The summed E-state index contributed by atoms with van der Waals surface area (Å²) in [5.74, 6) is 1.59. The largest absolute Gasteiger partial charge is 0.353 e. The molecule has 2 N–H and O–H groups in total. The summed E-state index contributed by atoms with van der Waals surface area (Å²) in [4.78, 5) is 23.0. The van der Waals surface area contributed by atoms with Gasteiger partial charge in [-0.1, -0.05) is 0 Å². The number of carbonyl (C=O) groups excluding carboxylic acids is 2. The zero-order chi connectivity index (χ0) is 14.5. The van der Waals surface area contributed by atoms with Crippen molar-refractivity contribution in [1.29, 1.82) is 0 Å². The third-order valence-electron chi connectivity index (χ3n) is 5.89. The second-order valence-corrected chi connectivity index (χ2v) is 7.71. The van der Waals surface area contributed by atoms with E-state index in [2.05, 4.69) is 17.6 Å². The van der Waals surface area contributed by atoms with E-state index in [0.717, 1.165) is 31.1 Å². The quantitative estimate of drug-likeness (QED) is 0.829. The molecule has 4 aliphatic rings. The predicted octanol–water partition coefficient (Wildman–Crippen LogP) is 1.99. The second-order valence-electron chi connectivity index (χ2n) is 7.71. The first-order valence-electron chi connectivity index (χ1n) is 7.88. The average molecular weight is 278 g/mol. The van der Waals surface area contributed by atoms with E-state index in [0.29, 0.717) is 0 Å². The fourth-order valence-corrected chi connectivity index (χ4v) is 5.82. The van der Waals surface area contributed by atoms with E-state index < -0.39 is 0 Å². The number of hydrogen-bond donors (Lipinski definition) is 2. The minimum atomic E-state index is 0.00262. The smallest absolute Gasteiger partial charge is 0.217 e. The first kappa shape index (κ1) is 13.9. The van der Waals surface area contributed by atoms with Gasteiger partial charge in [-0.05, 0) is 62.7 Å². The molecule has 0 spiro atoms. The maximum Gasteiger partial charge on any atom is 0.217 e. The van der Waals surface area contributed by atoms with Crippen LogP contribution in [0.5, 0.6) is 0 Å². The molecule has 0 saturated heterocycles. The van der Waals surface area contributed by atoms with Crippen LogP contribution in [0, 0.1) is 17.3 Å². The Morgan fingerprint density at radius 2 is 1.65 bits per heavy atom. The number of hydrogen-bond acceptors (Lipinski definition) is 2. The fraction of sp³-hybridized carbons (Fsp3) is 0.875. The van der Waals surface area contributed by atoms with Crippen LogP contribution < -0.4 is 10.6 Å². The maximum absolute atomic E-state index is 11.6. The molecule has 4 saturated carbocycles. The van der Waals surface area contributed by atoms with E-state index >= 15 is 0 Å². The van der Waals surface area contributed by atoms with Crippen LogP contribution in [0.4, 0.5) is 0 Å². The normalized spacial score (nSPS) is 43.1. The van der Waals surface area contributed by atoms with E-state index in [-0.39, 0.29) is 28.8 Å². The van der Waals surface area contributed by atoms with Crippen molar-refractivity contribution in [2.45, 2.75) is 70.9 Å². The van der Waals surface area contributed by atoms with Crippen molar-refractivity contribution in [1.82, 2.24) is 10.6 Å². The Balaban J connectivity index is 1.86. The monoisotopic (exact) mass is 278 g/mol. The van der Waals surface area contributed by atoms with Crippen molar-refractivity contribution in [3.8, 4) is 0 Å². The van der Waals surface area contributed by atoms with Crippen molar-refractivity contribution in [2.24, 2.45) is 17.3 Å². The minimum absolute atomic E-state index is 0.00262. The van der Waals surface area contributed by atoms with Gasteiger partial charge in [-0.3, -0.25) is 9.59 Å². The van der Waals surface area contributed by atoms with Crippen molar-refractivity contribution in [2.75, 3.05) is 0 Å². The number of nitrogens with one attached hydrogen (secondary N) is 2. The molecule has 3 unspecified atom stereocenters. The van der Waals surface area contributed by atoms with Crippen molar-refractivity contribution >= 4 is 11.8 Å². The average Bonchev–Trinajstić information content (AvgIpc) is 2.23. The Morgan fingerprint density at radius 1 is 1.05 bits per heavy atom. The molecule has 4 bridgehead atoms. The third kappa shape index (κ3) is 2.23. The Labute approximate surface area is 121 Å². The molecule has 20 heavy (non-hydrogen) atoms. The van der Waals surface area contributed by atoms with Gasteiger partial charge in [0, 0.05) is 25.4 Å². The molecule has 0 radical (unpaired) electrons. The van der Waals surface area contributed by atoms with Gasteiger partial charge in [-0.25, -0.2) is 0 Å². The van der Waals surface area contributed by atoms with E-state index in [1.165, 1.54) is 19.3 Å². The highest BCUT2D eigenvalue weighted by Gasteiger charge is 2.59. The van der Waals surface area contributed by atoms with Gasteiger partial charge in [0.25, 0.3) is 0 Å². The first-order chi connectivity index (χ1) is 9.32. The van der Waals surface area contributed by atoms with Gasteiger partial charge in [-0.15, -0.1) is 0 Å². The molecule has 4 aliphatic carbocycles. The number of rotatable bonds is 3. The van der Waals surface area contributed by atoms with Gasteiger partial charge in [0.05, 0.1) is 0 Å². The molecular formula is C16H26N2O2. The van der Waals surface area contributed by atoms with Gasteiger partial charge < -0.3 is 10.6 Å². The maximum atomic E-state index is 11.6. The fourth-order valence-electron chi connectivity index (χ4n) is 5.82. The highest BCUT2D eigenvalue weighted by atomic mass is 16.2. The van der Waals surface area contributed by atoms with Crippen LogP contribution in [0.25, 0.3) is 0 Å². The van der Waals surface area contributed by atoms with Crippen molar-refractivity contribution in [3.05, 3.63) is 0 Å². The second kappa shape index (κ2) is 4.47. The minimum Gasteiger partial charge on any atom is -0.353 e. The molecule has 112 valence electrons. The lowest BCUT2D eigenvalue weighted by Crippen LogP contribution is -2.66. The molecule has 4 fully saturated rings. The van der Waals surface area contributed by atoms with Crippen LogP contribution in [0.1, 0.15) is 59.3 Å². The first-order valence-corrected chi connectivity index (χ1v) is 7.88. The molecule has 0 aliphatic heterocycles. The summed E-state index contributed by atoms with van der Waals surface area (Å²) in [7, 11) is 0. The molecule has 0 heterocycles. The molecule has 0 aromatic rings. The molecule has 0 aromatic carbocycles. The van der Waals surface area contributed by atoms with Crippen LogP contribution in [-0.4, -0.2) is 23.4 Å². The Morgan fingerprint density at radius 3 is 2.15 bits per heavy atom. The zero-order valence-electron chi connectivity index (χ0n) is 12.8. The summed E-state index contributed by atoms with van der Waals surface area (Å²) in [6.45, 7) is 5.37. The summed E-state index contributed by atoms with van der Waals surface area (Å²) in [5.41, 5.74) is 0.195. The lowest BCUT2D eigenvalue weighted by Gasteiger charge is -2.63. The summed E-state index contributed by atoms with van der Waals surface area (Å²) in [5, 5.41) is 6.39. The molecule has 5 atom stereocenters. The zero-order valence-corrected chi connectivity index (χ0v) is 12.8. The van der Waals surface area contributed by atoms with Crippen LogP contribution in [0.3, 0.4) is 0 Å². The molecule has 4 nitrogen and oxygen atoms in total. The summed E-state index contributed by atoms with van der Waals surface area (Å²) < 4.78 is 0. The SMILES string of the molecule is CC(=O)NC(C)C12C[C@@H]3C[C@@H](CC(NC(C)=O)(C3)C1)C2. The number of amides is 2. The van der Waals surface area contributed by atoms with Crippen molar-refractivity contribution in [3.63, 3.8) is 0 Å². The van der Waals surface area contributed by atoms with Crippen LogP contribution in [0.15, 0.2) is 0 Å². The van der Waals surface area contributed by atoms with Gasteiger partial charge in [0.15, 0.2) is 0 Å². The molecule has 4 rings (SSSR count). The van der Waals surface area contributed by atoms with Crippen LogP contribution in [-0.2, 0) is 9.59 Å².